The molecule has 0 fully saturated rings. The number of nitrogens with zero attached hydrogens (tertiary/aromatic N) is 6. The normalized spacial score (nSPS) is 11.6. The lowest BCUT2D eigenvalue weighted by molar-refractivity contribution is -0.138. The van der Waals surface area contributed by atoms with Gasteiger partial charge >= 0.3 is 30.7 Å². The van der Waals surface area contributed by atoms with Gasteiger partial charge in [-0.1, -0.05) is 69.5 Å². The number of hydrogen-bond acceptors (Lipinski definition) is 14. The van der Waals surface area contributed by atoms with E-state index in [1.54, 1.807) is 146 Å². The summed E-state index contributed by atoms with van der Waals surface area (Å²) in [5, 5.41) is 22.8. The quantitative estimate of drug-likeness (QED) is 0.0311. The third-order valence-corrected chi connectivity index (χ3v) is 15.9. The Kier molecular flexibility index (Phi) is 27.4. The molecule has 0 saturated carbocycles. The van der Waals surface area contributed by atoms with E-state index < -0.39 is 76.3 Å². The van der Waals surface area contributed by atoms with Gasteiger partial charge in [0.2, 0.25) is 17.8 Å². The molecular weight excluding hydrogens is 1480 g/mol. The number of aliphatic hydroxyl groups excluding tert-OH is 1. The summed E-state index contributed by atoms with van der Waals surface area (Å²) in [5.41, 5.74) is 10.0. The zero-order valence-corrected chi connectivity index (χ0v) is 60.9. The average Bonchev–Trinajstić information content (AvgIpc) is 1.64. The molecule has 31 heteroatoms. The van der Waals surface area contributed by atoms with Crippen LogP contribution in [0.25, 0.3) is 50.2 Å². The summed E-state index contributed by atoms with van der Waals surface area (Å²) < 4.78 is 145. The number of imidazole rings is 3. The van der Waals surface area contributed by atoms with Crippen molar-refractivity contribution in [3.05, 3.63) is 250 Å². The van der Waals surface area contributed by atoms with Crippen LogP contribution < -0.4 is 32.3 Å². The minimum Gasteiger partial charge on any atom is -0.444 e. The molecule has 0 saturated heterocycles. The van der Waals surface area contributed by atoms with Crippen LogP contribution in [0.2, 0.25) is 0 Å². The SMILES string of the molecule is C.C.CC(C)(C)OC(=O)Nc1cccc(-n2c(NC(=O)c3cccc(C(F)(F)F)c3)nc3cc(CO)ccc32)c1.CCOCc1ccc2c(c1)nc(NC(=O)c1cccc(C(F)(F)F)c1)n2-c1cccc(N)c1.CCOCc1ccc2c(c1)nc(NC(=O)c1cccc(C(F)(F)F)c1)n2-c1cccc(NC(=O)OC(C)(C)C)c1. The van der Waals surface area contributed by atoms with Gasteiger partial charge in [-0.2, -0.15) is 39.5 Å². The second kappa shape index (κ2) is 36.0. The predicted octanol–water partition coefficient (Wildman–Crippen LogP) is 20.0. The fraction of sp³-hybridized carbons (Fsp3) is 0.244. The van der Waals surface area contributed by atoms with Crippen LogP contribution in [0.4, 0.5) is 84.0 Å². The van der Waals surface area contributed by atoms with Crippen molar-refractivity contribution < 1.29 is 87.5 Å². The van der Waals surface area contributed by atoms with E-state index in [2.05, 4.69) is 41.5 Å². The number of benzene rings is 9. The highest BCUT2D eigenvalue weighted by atomic mass is 19.4. The summed E-state index contributed by atoms with van der Waals surface area (Å²) in [6, 6.07) is 49.0. The zero-order chi connectivity index (χ0) is 80.3. The lowest BCUT2D eigenvalue weighted by atomic mass is 10.1. The fourth-order valence-corrected chi connectivity index (χ4v) is 11.1. The van der Waals surface area contributed by atoms with Gasteiger partial charge in [-0.25, -0.2) is 24.5 Å². The maximum atomic E-state index is 13.2. The van der Waals surface area contributed by atoms with Gasteiger partial charge in [-0.15, -0.1) is 0 Å². The highest BCUT2D eigenvalue weighted by molar-refractivity contribution is 6.06. The first-order valence-corrected chi connectivity index (χ1v) is 34.3. The minimum atomic E-state index is -4.61. The van der Waals surface area contributed by atoms with Gasteiger partial charge in [-0.05, 0) is 218 Å². The Morgan fingerprint density at radius 3 is 1.02 bits per heavy atom. The van der Waals surface area contributed by atoms with Gasteiger partial charge in [-0.3, -0.25) is 54.7 Å². The van der Waals surface area contributed by atoms with Crippen LogP contribution >= 0.6 is 0 Å². The first kappa shape index (κ1) is 86.0. The number of anilines is 6. The van der Waals surface area contributed by atoms with Crippen molar-refractivity contribution in [2.45, 2.75) is 120 Å². The number of halogens is 9. The van der Waals surface area contributed by atoms with E-state index in [9.17, 15) is 68.6 Å². The molecule has 8 N–H and O–H groups in total. The largest absolute Gasteiger partial charge is 0.444 e. The average molecular weight is 1570 g/mol. The topological polar surface area (TPSA) is 282 Å². The van der Waals surface area contributed by atoms with Crippen molar-refractivity contribution in [1.82, 2.24) is 28.7 Å². The van der Waals surface area contributed by atoms with Crippen molar-refractivity contribution in [2.75, 3.05) is 45.5 Å². The van der Waals surface area contributed by atoms with Crippen molar-refractivity contribution in [3.63, 3.8) is 0 Å². The lowest BCUT2D eigenvalue weighted by Crippen LogP contribution is -2.27. The van der Waals surface area contributed by atoms with E-state index in [4.69, 9.17) is 24.7 Å². The third-order valence-electron chi connectivity index (χ3n) is 15.9. The number of nitrogens with two attached hydrogens (primary N) is 1. The third kappa shape index (κ3) is 22.6. The molecule has 594 valence electrons. The summed E-state index contributed by atoms with van der Waals surface area (Å²) in [5.74, 6) is -1.99. The molecule has 3 heterocycles. The fourth-order valence-electron chi connectivity index (χ4n) is 11.1. The number of nitrogen functional groups attached to an aromatic ring is 1. The molecule has 0 radical (unpaired) electrons. The summed E-state index contributed by atoms with van der Waals surface area (Å²) in [6.45, 7) is 15.9. The number of nitrogens with one attached hydrogen (secondary N) is 5. The molecule has 12 aromatic rings. The summed E-state index contributed by atoms with van der Waals surface area (Å²) in [6.07, 6.45) is -15.1. The molecule has 0 spiro atoms. The monoisotopic (exact) mass is 1570 g/mol. The lowest BCUT2D eigenvalue weighted by Gasteiger charge is -2.20. The van der Waals surface area contributed by atoms with E-state index >= 15 is 0 Å². The molecule has 0 atom stereocenters. The summed E-state index contributed by atoms with van der Waals surface area (Å²) in [4.78, 5) is 77.1. The molecule has 0 bridgehead atoms. The van der Waals surface area contributed by atoms with Crippen LogP contribution in [0.3, 0.4) is 0 Å². The second-order valence-corrected chi connectivity index (χ2v) is 26.8. The van der Waals surface area contributed by atoms with Gasteiger partial charge in [0.1, 0.15) is 11.2 Å². The molecule has 113 heavy (non-hydrogen) atoms. The first-order valence-electron chi connectivity index (χ1n) is 34.3. The van der Waals surface area contributed by atoms with Gasteiger partial charge in [0.25, 0.3) is 17.7 Å². The number of ether oxygens (including phenoxy) is 4. The van der Waals surface area contributed by atoms with Gasteiger partial charge in [0, 0.05) is 47.0 Å². The van der Waals surface area contributed by atoms with Crippen molar-refractivity contribution in [2.24, 2.45) is 0 Å². The Balaban J connectivity index is 0.000000211. The van der Waals surface area contributed by atoms with E-state index in [1.807, 2.05) is 50.2 Å². The minimum absolute atomic E-state index is 0. The molecule has 5 amide bonds. The Labute approximate surface area is 644 Å². The van der Waals surface area contributed by atoms with Crippen LogP contribution in [-0.2, 0) is 57.3 Å². The van der Waals surface area contributed by atoms with Crippen molar-refractivity contribution in [1.29, 1.82) is 0 Å². The second-order valence-electron chi connectivity index (χ2n) is 26.8. The standard InChI is InChI=1S/C29H29F3N4O4.C27H25F3N4O4.C24H21F3N4O2.2CH4/c1-5-39-17-18-12-13-24-23(14-18)34-26(35-25(37)19-8-6-9-20(15-19)29(30,31)32)36(24)22-11-7-10-21(16-22)33-27(38)40-28(2,3)4;1-26(2,3)38-25(37)31-19-8-5-9-20(14-19)34-22-11-10-16(15-35)12-21(22)32-24(34)33-23(36)17-6-4-7-18(13-17)27(28,29)30;1-2-33-14-15-9-10-21-20(11-15)29-23(31(21)19-8-4-7-18(28)13-19)30-22(32)16-5-3-6-17(12-16)24(25,26)27;;/h6-16H,5,17H2,1-4H3,(H,33,38)(H,34,35,37);4-14,35H,15H2,1-3H3,(H,31,37)(H,32,33,36);3-13H,2,14,28H2,1H3,(H,29,30,32);2*1H4. The molecule has 0 unspecified atom stereocenters. The predicted molar refractivity (Wildman–Crippen MR) is 416 cm³/mol. The van der Waals surface area contributed by atoms with Gasteiger partial charge in [0.05, 0.1) is 86.7 Å². The Bertz CT molecular complexity index is 5410. The molecule has 22 nitrogen and oxygen atoms in total. The molecule has 9 aromatic carbocycles. The molecule has 0 aliphatic heterocycles. The number of rotatable bonds is 18. The van der Waals surface area contributed by atoms with E-state index in [1.165, 1.54) is 30.3 Å². The maximum absolute atomic E-state index is 13.2. The molecule has 12 rings (SSSR count). The van der Waals surface area contributed by atoms with Gasteiger partial charge in [0.15, 0.2) is 0 Å². The highest BCUT2D eigenvalue weighted by Gasteiger charge is 2.34. The first-order chi connectivity index (χ1) is 52.4. The van der Waals surface area contributed by atoms with Crippen LogP contribution in [0.1, 0.15) is 135 Å². The molecule has 0 aliphatic carbocycles. The number of amides is 5. The van der Waals surface area contributed by atoms with Crippen LogP contribution in [0.5, 0.6) is 0 Å². The molecule has 3 aromatic heterocycles. The zero-order valence-electron chi connectivity index (χ0n) is 60.9. The smallest absolute Gasteiger partial charge is 0.416 e. The molecular formula is C82H83F9N12O10. The number of aliphatic hydroxyl groups is 1. The Morgan fingerprint density at radius 2 is 0.708 bits per heavy atom. The van der Waals surface area contributed by atoms with E-state index in [0.29, 0.717) is 99.2 Å². The van der Waals surface area contributed by atoms with Gasteiger partial charge < -0.3 is 29.8 Å². The van der Waals surface area contributed by atoms with Crippen LogP contribution in [0, 0.1) is 0 Å². The number of fused-ring (bicyclic) bond motifs is 3. The Hall–Kier alpha value is -12.6. The van der Waals surface area contributed by atoms with Crippen LogP contribution in [0.15, 0.2) is 200 Å². The maximum Gasteiger partial charge on any atom is 0.416 e. The number of carbonyl (C=O) groups excluding carboxylic acids is 5. The Morgan fingerprint density at radius 1 is 0.398 bits per heavy atom. The summed E-state index contributed by atoms with van der Waals surface area (Å²) in [7, 11) is 0. The van der Waals surface area contributed by atoms with E-state index in [-0.39, 0.29) is 56.0 Å². The van der Waals surface area contributed by atoms with Crippen LogP contribution in [-0.4, -0.2) is 88.1 Å². The highest BCUT2D eigenvalue weighted by Crippen LogP contribution is 2.36. The number of alkyl halides is 9. The number of hydrogen-bond donors (Lipinski definition) is 7. The van der Waals surface area contributed by atoms with E-state index in [0.717, 1.165) is 53.6 Å². The summed E-state index contributed by atoms with van der Waals surface area (Å²) >= 11 is 0. The van der Waals surface area contributed by atoms with Crippen molar-refractivity contribution >= 4 is 97.9 Å². The number of aromatic nitrogens is 6. The number of carbonyl (C=O) groups is 5. The molecule has 0 aliphatic rings. The van der Waals surface area contributed by atoms with Crippen molar-refractivity contribution in [3.8, 4) is 17.1 Å².